The van der Waals surface area contributed by atoms with E-state index >= 15 is 0 Å². The third-order valence-corrected chi connectivity index (χ3v) is 6.35. The van der Waals surface area contributed by atoms with Gasteiger partial charge in [-0.25, -0.2) is 9.97 Å². The van der Waals surface area contributed by atoms with Gasteiger partial charge in [0, 0.05) is 10.4 Å². The number of thiophene rings is 1. The summed E-state index contributed by atoms with van der Waals surface area (Å²) in [5, 5.41) is 11.1. The van der Waals surface area contributed by atoms with Crippen LogP contribution in [0.15, 0.2) is 35.6 Å². The monoisotopic (exact) mass is 372 g/mol. The number of carboxylic acid groups (broad SMARTS) is 1. The number of nitrogens with zero attached hydrogens (tertiary/aromatic N) is 2. The van der Waals surface area contributed by atoms with Gasteiger partial charge in [0.15, 0.2) is 0 Å². The van der Waals surface area contributed by atoms with Crippen LogP contribution in [0.4, 0.5) is 0 Å². The fraction of sp³-hybridized carbons (Fsp3) is 0.316. The molecule has 0 aliphatic carbocycles. The summed E-state index contributed by atoms with van der Waals surface area (Å²) in [7, 11) is 0. The maximum atomic E-state index is 11.5. The number of benzene rings is 1. The van der Waals surface area contributed by atoms with Crippen molar-refractivity contribution in [1.29, 1.82) is 0 Å². The number of aryl methyl sites for hydroxylation is 2. The average Bonchev–Trinajstić information content (AvgIpc) is 2.91. The van der Waals surface area contributed by atoms with Crippen molar-refractivity contribution in [3.63, 3.8) is 0 Å². The van der Waals surface area contributed by atoms with Crippen molar-refractivity contribution in [2.24, 2.45) is 0 Å². The van der Waals surface area contributed by atoms with E-state index in [1.54, 1.807) is 25.2 Å². The van der Waals surface area contributed by atoms with Gasteiger partial charge in [-0.1, -0.05) is 43.0 Å². The Morgan fingerprint density at radius 1 is 1.24 bits per heavy atom. The van der Waals surface area contributed by atoms with Gasteiger partial charge >= 0.3 is 5.97 Å². The largest absolute Gasteiger partial charge is 0.480 e. The number of rotatable bonds is 5. The standard InChI is InChI=1S/C19H20N2O2S2/c1-5-12-6-8-13(9-7-12)14-11(2)24-16-15(14)17(21-10-20-16)25-19(3,4)18(22)23/h6-10H,5H2,1-4H3,(H,22,23). The fourth-order valence-corrected chi connectivity index (χ4v) is 4.68. The topological polar surface area (TPSA) is 63.1 Å². The van der Waals surface area contributed by atoms with E-state index in [0.29, 0.717) is 0 Å². The number of hydrogen-bond donors (Lipinski definition) is 1. The van der Waals surface area contributed by atoms with E-state index in [1.165, 1.54) is 23.7 Å². The first kappa shape index (κ1) is 17.9. The molecule has 3 rings (SSSR count). The van der Waals surface area contributed by atoms with Crippen LogP contribution in [0.2, 0.25) is 0 Å². The molecule has 0 bridgehead atoms. The van der Waals surface area contributed by atoms with E-state index in [-0.39, 0.29) is 0 Å². The molecule has 2 aromatic heterocycles. The molecule has 130 valence electrons. The summed E-state index contributed by atoms with van der Waals surface area (Å²) in [6.07, 6.45) is 2.52. The third-order valence-electron chi connectivity index (χ3n) is 4.15. The summed E-state index contributed by atoms with van der Waals surface area (Å²) in [5.74, 6) is -0.856. The second-order valence-corrected chi connectivity index (χ2v) is 9.17. The van der Waals surface area contributed by atoms with Crippen LogP contribution in [-0.2, 0) is 11.2 Å². The first-order valence-electron chi connectivity index (χ1n) is 8.09. The molecule has 0 radical (unpaired) electrons. The van der Waals surface area contributed by atoms with Crippen LogP contribution >= 0.6 is 23.1 Å². The molecule has 2 heterocycles. The van der Waals surface area contributed by atoms with Crippen molar-refractivity contribution in [2.75, 3.05) is 0 Å². The van der Waals surface area contributed by atoms with Gasteiger partial charge in [-0.15, -0.1) is 11.3 Å². The summed E-state index contributed by atoms with van der Waals surface area (Å²) in [4.78, 5) is 22.4. The van der Waals surface area contributed by atoms with E-state index in [9.17, 15) is 9.90 Å². The Hall–Kier alpha value is -1.92. The zero-order valence-electron chi connectivity index (χ0n) is 14.7. The summed E-state index contributed by atoms with van der Waals surface area (Å²) in [6.45, 7) is 7.61. The Labute approximate surface area is 155 Å². The molecule has 0 spiro atoms. The number of aromatic nitrogens is 2. The van der Waals surface area contributed by atoms with Gasteiger partial charge in [-0.2, -0.15) is 0 Å². The highest BCUT2D eigenvalue weighted by atomic mass is 32.2. The first-order valence-corrected chi connectivity index (χ1v) is 9.72. The van der Waals surface area contributed by atoms with Gasteiger partial charge in [0.05, 0.1) is 5.39 Å². The van der Waals surface area contributed by atoms with E-state index in [4.69, 9.17) is 0 Å². The molecule has 3 aromatic rings. The minimum absolute atomic E-state index is 0.719. The molecule has 0 fully saturated rings. The predicted molar refractivity (Wildman–Crippen MR) is 105 cm³/mol. The molecule has 0 aliphatic rings. The number of carboxylic acids is 1. The summed E-state index contributed by atoms with van der Waals surface area (Å²) in [6, 6.07) is 8.51. The number of carbonyl (C=O) groups is 1. The van der Waals surface area contributed by atoms with Crippen LogP contribution in [0.1, 0.15) is 31.2 Å². The molecule has 6 heteroatoms. The fourth-order valence-electron chi connectivity index (χ4n) is 2.64. The van der Waals surface area contributed by atoms with Crippen LogP contribution in [0.5, 0.6) is 0 Å². The number of fused-ring (bicyclic) bond motifs is 1. The highest BCUT2D eigenvalue weighted by Crippen LogP contribution is 2.44. The lowest BCUT2D eigenvalue weighted by molar-refractivity contribution is -0.138. The number of aliphatic carboxylic acids is 1. The van der Waals surface area contributed by atoms with Gasteiger partial charge in [0.1, 0.15) is 20.9 Å². The van der Waals surface area contributed by atoms with Crippen LogP contribution in [-0.4, -0.2) is 25.8 Å². The smallest absolute Gasteiger partial charge is 0.319 e. The molecule has 0 unspecified atom stereocenters. The lowest BCUT2D eigenvalue weighted by Crippen LogP contribution is -2.27. The SMILES string of the molecule is CCc1ccc(-c2c(C)sc3ncnc(SC(C)(C)C(=O)O)c23)cc1. The Bertz CT molecular complexity index is 930. The van der Waals surface area contributed by atoms with E-state index in [1.807, 2.05) is 0 Å². The highest BCUT2D eigenvalue weighted by Gasteiger charge is 2.31. The quantitative estimate of drug-likeness (QED) is 0.493. The molecular weight excluding hydrogens is 352 g/mol. The molecule has 0 saturated heterocycles. The van der Waals surface area contributed by atoms with E-state index < -0.39 is 10.7 Å². The second kappa shape index (κ2) is 6.77. The summed E-state index contributed by atoms with van der Waals surface area (Å²) in [5.41, 5.74) is 3.51. The van der Waals surface area contributed by atoms with Crippen molar-refractivity contribution in [2.45, 2.75) is 43.9 Å². The zero-order valence-corrected chi connectivity index (χ0v) is 16.3. The summed E-state index contributed by atoms with van der Waals surface area (Å²) >= 11 is 2.89. The lowest BCUT2D eigenvalue weighted by Gasteiger charge is -2.18. The van der Waals surface area contributed by atoms with Gasteiger partial charge in [0.25, 0.3) is 0 Å². The molecule has 0 saturated carbocycles. The minimum atomic E-state index is -0.958. The zero-order chi connectivity index (χ0) is 18.2. The van der Waals surface area contributed by atoms with Crippen molar-refractivity contribution in [3.05, 3.63) is 41.0 Å². The first-order chi connectivity index (χ1) is 11.8. The van der Waals surface area contributed by atoms with Crippen LogP contribution < -0.4 is 0 Å². The number of thioether (sulfide) groups is 1. The van der Waals surface area contributed by atoms with E-state index in [0.717, 1.165) is 37.7 Å². The van der Waals surface area contributed by atoms with Crippen molar-refractivity contribution in [3.8, 4) is 11.1 Å². The molecular formula is C19H20N2O2S2. The highest BCUT2D eigenvalue weighted by molar-refractivity contribution is 8.01. The molecule has 1 aromatic carbocycles. The Kier molecular flexibility index (Phi) is 4.84. The predicted octanol–water partition coefficient (Wildman–Crippen LogP) is 5.18. The van der Waals surface area contributed by atoms with Gasteiger partial charge in [0.2, 0.25) is 0 Å². The molecule has 4 nitrogen and oxygen atoms in total. The van der Waals surface area contributed by atoms with Gasteiger partial charge in [-0.3, -0.25) is 4.79 Å². The maximum absolute atomic E-state index is 11.5. The normalized spacial score (nSPS) is 11.8. The van der Waals surface area contributed by atoms with E-state index in [2.05, 4.69) is 48.1 Å². The Morgan fingerprint density at radius 3 is 2.52 bits per heavy atom. The maximum Gasteiger partial charge on any atom is 0.319 e. The van der Waals surface area contributed by atoms with Crippen LogP contribution in [0, 0.1) is 6.92 Å². The van der Waals surface area contributed by atoms with Crippen molar-refractivity contribution >= 4 is 39.3 Å². The molecule has 25 heavy (non-hydrogen) atoms. The molecule has 1 N–H and O–H groups in total. The van der Waals surface area contributed by atoms with Crippen LogP contribution in [0.25, 0.3) is 21.3 Å². The Balaban J connectivity index is 2.18. The minimum Gasteiger partial charge on any atom is -0.480 e. The molecule has 0 atom stereocenters. The lowest BCUT2D eigenvalue weighted by atomic mass is 10.0. The number of hydrogen-bond acceptors (Lipinski definition) is 5. The molecule has 0 amide bonds. The van der Waals surface area contributed by atoms with Gasteiger partial charge in [-0.05, 0) is 38.3 Å². The second-order valence-electron chi connectivity index (χ2n) is 6.36. The summed E-state index contributed by atoms with van der Waals surface area (Å²) < 4.78 is -0.958. The van der Waals surface area contributed by atoms with Crippen molar-refractivity contribution < 1.29 is 9.90 Å². The van der Waals surface area contributed by atoms with Crippen molar-refractivity contribution in [1.82, 2.24) is 9.97 Å². The van der Waals surface area contributed by atoms with Crippen LogP contribution in [0.3, 0.4) is 0 Å². The molecule has 0 aliphatic heterocycles. The third kappa shape index (κ3) is 3.41. The average molecular weight is 373 g/mol. The Morgan fingerprint density at radius 2 is 1.92 bits per heavy atom. The van der Waals surface area contributed by atoms with Gasteiger partial charge < -0.3 is 5.11 Å².